The Hall–Kier alpha value is -1.71. The number of sulfonamides is 1. The van der Waals surface area contributed by atoms with Crippen LogP contribution in [-0.4, -0.2) is 52.0 Å². The van der Waals surface area contributed by atoms with E-state index in [1.165, 1.54) is 12.1 Å². The van der Waals surface area contributed by atoms with Gasteiger partial charge in [0.2, 0.25) is 10.0 Å². The van der Waals surface area contributed by atoms with E-state index in [1.54, 1.807) is 7.05 Å². The lowest BCUT2D eigenvalue weighted by Crippen LogP contribution is -2.35. The number of likely N-dealkylation sites (tertiary alicyclic amines) is 1. The summed E-state index contributed by atoms with van der Waals surface area (Å²) < 4.78 is 22.7. The van der Waals surface area contributed by atoms with Gasteiger partial charge in [0.1, 0.15) is 5.69 Å². The number of hydrogen-bond acceptors (Lipinski definition) is 6. The molecule has 2 N–H and O–H groups in total. The summed E-state index contributed by atoms with van der Waals surface area (Å²) in [6, 6.07) is 3.78. The van der Waals surface area contributed by atoms with Gasteiger partial charge in [-0.25, -0.2) is 13.6 Å². The molecule has 1 saturated heterocycles. The van der Waals surface area contributed by atoms with Crippen LogP contribution in [0.15, 0.2) is 23.1 Å². The van der Waals surface area contributed by atoms with Crippen molar-refractivity contribution >= 4 is 21.4 Å². The number of benzene rings is 1. The lowest BCUT2D eigenvalue weighted by Gasteiger charge is -2.32. The predicted octanol–water partition coefficient (Wildman–Crippen LogP) is 1.02. The molecule has 0 aromatic heterocycles. The van der Waals surface area contributed by atoms with E-state index in [2.05, 4.69) is 11.9 Å². The molecular formula is C14H22N4O4S. The minimum Gasteiger partial charge on any atom is -0.369 e. The molecule has 1 aromatic carbocycles. The number of hydrogen-bond donors (Lipinski definition) is 1. The first kappa shape index (κ1) is 17.6. The van der Waals surface area contributed by atoms with E-state index in [4.69, 9.17) is 5.14 Å². The minimum atomic E-state index is -3.96. The molecule has 128 valence electrons. The van der Waals surface area contributed by atoms with Gasteiger partial charge in [0.25, 0.3) is 5.69 Å². The predicted molar refractivity (Wildman–Crippen MR) is 88.0 cm³/mol. The standard InChI is InChI=1S/C14H22N4O4S/c1-16-7-5-11(6-8-16)10-17(2)13-4-3-12(23(15,21)22)9-14(13)18(19)20/h3-4,9,11H,5-8,10H2,1-2H3,(H2,15,21,22). The van der Waals surface area contributed by atoms with E-state index in [1.807, 2.05) is 4.90 Å². The van der Waals surface area contributed by atoms with Crippen molar-refractivity contribution in [3.63, 3.8) is 0 Å². The van der Waals surface area contributed by atoms with Gasteiger partial charge in [-0.05, 0) is 51.0 Å². The molecule has 1 aromatic rings. The van der Waals surface area contributed by atoms with Crippen LogP contribution in [0.4, 0.5) is 11.4 Å². The molecular weight excluding hydrogens is 320 g/mol. The second kappa shape index (κ2) is 6.81. The van der Waals surface area contributed by atoms with E-state index in [-0.39, 0.29) is 10.6 Å². The van der Waals surface area contributed by atoms with E-state index in [0.29, 0.717) is 18.2 Å². The molecule has 0 bridgehead atoms. The molecule has 2 rings (SSSR count). The fourth-order valence-electron chi connectivity index (χ4n) is 2.88. The van der Waals surface area contributed by atoms with Crippen LogP contribution in [0.25, 0.3) is 0 Å². The van der Waals surface area contributed by atoms with Crippen molar-refractivity contribution in [3.8, 4) is 0 Å². The average Bonchev–Trinajstić information content (AvgIpc) is 2.48. The van der Waals surface area contributed by atoms with E-state index in [0.717, 1.165) is 32.0 Å². The first-order valence-electron chi connectivity index (χ1n) is 7.39. The van der Waals surface area contributed by atoms with Gasteiger partial charge in [-0.2, -0.15) is 0 Å². The molecule has 0 unspecified atom stereocenters. The number of piperidine rings is 1. The van der Waals surface area contributed by atoms with Crippen LogP contribution in [0.5, 0.6) is 0 Å². The maximum absolute atomic E-state index is 11.4. The monoisotopic (exact) mass is 342 g/mol. The van der Waals surface area contributed by atoms with Crippen molar-refractivity contribution in [1.82, 2.24) is 4.90 Å². The quantitative estimate of drug-likeness (QED) is 0.632. The normalized spacial score (nSPS) is 17.2. The third-order valence-corrected chi connectivity index (χ3v) is 5.16. The number of primary sulfonamides is 1. The molecule has 1 aliphatic rings. The molecule has 0 saturated carbocycles. The van der Waals surface area contributed by atoms with Gasteiger partial charge in [-0.1, -0.05) is 0 Å². The largest absolute Gasteiger partial charge is 0.369 e. The summed E-state index contributed by atoms with van der Waals surface area (Å²) in [5, 5.41) is 16.3. The van der Waals surface area contributed by atoms with Gasteiger partial charge in [-0.3, -0.25) is 10.1 Å². The Kier molecular flexibility index (Phi) is 5.23. The number of rotatable bonds is 5. The molecule has 0 aliphatic carbocycles. The summed E-state index contributed by atoms with van der Waals surface area (Å²) >= 11 is 0. The Morgan fingerprint density at radius 3 is 2.52 bits per heavy atom. The first-order valence-corrected chi connectivity index (χ1v) is 8.94. The van der Waals surface area contributed by atoms with Crippen molar-refractivity contribution in [3.05, 3.63) is 28.3 Å². The molecule has 23 heavy (non-hydrogen) atoms. The maximum Gasteiger partial charge on any atom is 0.293 e. The summed E-state index contributed by atoms with van der Waals surface area (Å²) in [6.45, 7) is 2.74. The summed E-state index contributed by atoms with van der Waals surface area (Å²) in [5.41, 5.74) is 0.160. The Balaban J connectivity index is 2.22. The molecule has 0 spiro atoms. The molecule has 0 radical (unpaired) electrons. The zero-order valence-electron chi connectivity index (χ0n) is 13.3. The van der Waals surface area contributed by atoms with Gasteiger partial charge in [0.05, 0.1) is 9.82 Å². The highest BCUT2D eigenvalue weighted by atomic mass is 32.2. The number of nitro groups is 1. The molecule has 9 heteroatoms. The first-order chi connectivity index (χ1) is 10.7. The van der Waals surface area contributed by atoms with Crippen molar-refractivity contribution in [2.75, 3.05) is 38.6 Å². The summed E-state index contributed by atoms with van der Waals surface area (Å²) in [6.07, 6.45) is 2.09. The second-order valence-electron chi connectivity index (χ2n) is 6.08. The highest BCUT2D eigenvalue weighted by molar-refractivity contribution is 7.89. The van der Waals surface area contributed by atoms with Crippen LogP contribution in [0, 0.1) is 16.0 Å². The van der Waals surface area contributed by atoms with Gasteiger partial charge < -0.3 is 9.80 Å². The van der Waals surface area contributed by atoms with Crippen LogP contribution in [0.3, 0.4) is 0 Å². The van der Waals surface area contributed by atoms with Crippen molar-refractivity contribution < 1.29 is 13.3 Å². The molecule has 1 aliphatic heterocycles. The SMILES string of the molecule is CN1CCC(CN(C)c2ccc(S(N)(=O)=O)cc2[N+](=O)[O-])CC1. The Morgan fingerprint density at radius 1 is 1.39 bits per heavy atom. The zero-order chi connectivity index (χ0) is 17.2. The highest BCUT2D eigenvalue weighted by Crippen LogP contribution is 2.31. The van der Waals surface area contributed by atoms with Crippen molar-refractivity contribution in [2.24, 2.45) is 11.1 Å². The number of anilines is 1. The third kappa shape index (κ3) is 4.40. The van der Waals surface area contributed by atoms with Crippen LogP contribution in [-0.2, 0) is 10.0 Å². The number of nitrogens with zero attached hydrogens (tertiary/aromatic N) is 3. The van der Waals surface area contributed by atoms with E-state index in [9.17, 15) is 18.5 Å². The maximum atomic E-state index is 11.4. The third-order valence-electron chi connectivity index (χ3n) is 4.25. The molecule has 0 atom stereocenters. The van der Waals surface area contributed by atoms with Crippen LogP contribution in [0.2, 0.25) is 0 Å². The summed E-state index contributed by atoms with van der Waals surface area (Å²) in [5.74, 6) is 0.466. The molecule has 1 heterocycles. The lowest BCUT2D eigenvalue weighted by atomic mass is 9.96. The van der Waals surface area contributed by atoms with E-state index >= 15 is 0 Å². The van der Waals surface area contributed by atoms with Gasteiger partial charge in [0, 0.05) is 19.7 Å². The highest BCUT2D eigenvalue weighted by Gasteiger charge is 2.24. The summed E-state index contributed by atoms with van der Waals surface area (Å²) in [7, 11) is -0.0940. The Bertz CT molecular complexity index is 684. The average molecular weight is 342 g/mol. The van der Waals surface area contributed by atoms with Crippen molar-refractivity contribution in [1.29, 1.82) is 0 Å². The van der Waals surface area contributed by atoms with Crippen LogP contribution >= 0.6 is 0 Å². The zero-order valence-corrected chi connectivity index (χ0v) is 14.1. The topological polar surface area (TPSA) is 110 Å². The van der Waals surface area contributed by atoms with Gasteiger partial charge >= 0.3 is 0 Å². The second-order valence-corrected chi connectivity index (χ2v) is 7.64. The lowest BCUT2D eigenvalue weighted by molar-refractivity contribution is -0.384. The van der Waals surface area contributed by atoms with Crippen LogP contribution < -0.4 is 10.0 Å². The van der Waals surface area contributed by atoms with Crippen LogP contribution in [0.1, 0.15) is 12.8 Å². The fourth-order valence-corrected chi connectivity index (χ4v) is 3.41. The molecule has 8 nitrogen and oxygen atoms in total. The Morgan fingerprint density at radius 2 is 2.00 bits per heavy atom. The van der Waals surface area contributed by atoms with Crippen molar-refractivity contribution in [2.45, 2.75) is 17.7 Å². The number of nitrogens with two attached hydrogens (primary N) is 1. The number of nitro benzene ring substituents is 1. The summed E-state index contributed by atoms with van der Waals surface area (Å²) in [4.78, 5) is 14.5. The molecule has 0 amide bonds. The Labute approximate surface area is 136 Å². The fraction of sp³-hybridized carbons (Fsp3) is 0.571. The minimum absolute atomic E-state index is 0.244. The molecule has 1 fully saturated rings. The smallest absolute Gasteiger partial charge is 0.293 e. The van der Waals surface area contributed by atoms with Gasteiger partial charge in [-0.15, -0.1) is 0 Å². The van der Waals surface area contributed by atoms with Gasteiger partial charge in [0.15, 0.2) is 0 Å². The van der Waals surface area contributed by atoms with E-state index < -0.39 is 14.9 Å².